The summed E-state index contributed by atoms with van der Waals surface area (Å²) in [4.78, 5) is 12.3. The van der Waals surface area contributed by atoms with Crippen LogP contribution in [0.15, 0.2) is 24.3 Å². The first-order chi connectivity index (χ1) is 10.2. The number of hydrogen-bond acceptors (Lipinski definition) is 3. The normalized spacial score (nSPS) is 16.2. The van der Waals surface area contributed by atoms with Crippen molar-refractivity contribution in [1.29, 1.82) is 0 Å². The van der Waals surface area contributed by atoms with Crippen LogP contribution in [0.3, 0.4) is 0 Å². The highest BCUT2D eigenvalue weighted by Crippen LogP contribution is 2.20. The van der Waals surface area contributed by atoms with Gasteiger partial charge in [-0.1, -0.05) is 50.0 Å². The van der Waals surface area contributed by atoms with Crippen molar-refractivity contribution < 1.29 is 9.53 Å². The van der Waals surface area contributed by atoms with E-state index < -0.39 is 0 Å². The summed E-state index contributed by atoms with van der Waals surface area (Å²) in [5.74, 6) is -0.164. The van der Waals surface area contributed by atoms with Crippen molar-refractivity contribution in [2.45, 2.75) is 44.6 Å². The smallest absolute Gasteiger partial charge is 0.250 e. The third-order valence-electron chi connectivity index (χ3n) is 3.72. The Balaban J connectivity index is 1.85. The Kier molecular flexibility index (Phi) is 6.14. The van der Waals surface area contributed by atoms with Gasteiger partial charge in [-0.05, 0) is 25.0 Å². The molecule has 1 aliphatic carbocycles. The van der Waals surface area contributed by atoms with Gasteiger partial charge in [-0.3, -0.25) is 4.79 Å². The molecule has 1 aliphatic rings. The Morgan fingerprint density at radius 3 is 2.57 bits per heavy atom. The number of benzene rings is 1. The quantitative estimate of drug-likeness (QED) is 0.648. The number of nitrogens with two attached hydrogens (primary N) is 1. The molecule has 114 valence electrons. The number of thiocarbonyl (C=S) groups is 1. The lowest BCUT2D eigenvalue weighted by Gasteiger charge is -2.15. The summed E-state index contributed by atoms with van der Waals surface area (Å²) in [6.45, 7) is 0.0797. The van der Waals surface area contributed by atoms with Crippen molar-refractivity contribution in [3.8, 4) is 0 Å². The van der Waals surface area contributed by atoms with E-state index >= 15 is 0 Å². The van der Waals surface area contributed by atoms with E-state index in [-0.39, 0.29) is 23.6 Å². The SMILES string of the molecule is NC(=S)c1ccccc1NC(=O)COC1CCCCCC1. The fourth-order valence-corrected chi connectivity index (χ4v) is 2.77. The third-order valence-corrected chi connectivity index (χ3v) is 3.94. The van der Waals surface area contributed by atoms with Gasteiger partial charge in [-0.15, -0.1) is 0 Å². The predicted molar refractivity (Wildman–Crippen MR) is 88.4 cm³/mol. The maximum absolute atomic E-state index is 12.0. The van der Waals surface area contributed by atoms with E-state index in [1.807, 2.05) is 12.1 Å². The van der Waals surface area contributed by atoms with Gasteiger partial charge in [0.15, 0.2) is 0 Å². The summed E-state index contributed by atoms with van der Waals surface area (Å²) in [5, 5.41) is 2.82. The molecule has 0 bridgehead atoms. The molecule has 0 spiro atoms. The van der Waals surface area contributed by atoms with Crippen LogP contribution < -0.4 is 11.1 Å². The van der Waals surface area contributed by atoms with Crippen LogP contribution in [0.5, 0.6) is 0 Å². The number of carbonyl (C=O) groups is 1. The van der Waals surface area contributed by atoms with Crippen molar-refractivity contribution >= 4 is 28.8 Å². The number of rotatable bonds is 5. The molecular formula is C16H22N2O2S. The first-order valence-corrected chi connectivity index (χ1v) is 7.88. The number of anilines is 1. The fraction of sp³-hybridized carbons (Fsp3) is 0.500. The summed E-state index contributed by atoms with van der Waals surface area (Å²) in [6, 6.07) is 7.26. The van der Waals surface area contributed by atoms with E-state index in [1.165, 1.54) is 25.7 Å². The van der Waals surface area contributed by atoms with Gasteiger partial charge in [0.05, 0.1) is 11.8 Å². The zero-order valence-electron chi connectivity index (χ0n) is 12.1. The molecule has 0 radical (unpaired) electrons. The number of amides is 1. The highest BCUT2D eigenvalue weighted by atomic mass is 32.1. The Hall–Kier alpha value is -1.46. The van der Waals surface area contributed by atoms with Gasteiger partial charge < -0.3 is 15.8 Å². The minimum Gasteiger partial charge on any atom is -0.389 e. The number of ether oxygens (including phenoxy) is 1. The molecule has 1 aromatic rings. The van der Waals surface area contributed by atoms with Crippen molar-refractivity contribution in [3.63, 3.8) is 0 Å². The molecule has 3 N–H and O–H groups in total. The summed E-state index contributed by atoms with van der Waals surface area (Å²) in [7, 11) is 0. The van der Waals surface area contributed by atoms with Gasteiger partial charge in [0.2, 0.25) is 5.91 Å². The van der Waals surface area contributed by atoms with Crippen LogP contribution in [0.1, 0.15) is 44.1 Å². The predicted octanol–water partition coefficient (Wildman–Crippen LogP) is 3.00. The maximum Gasteiger partial charge on any atom is 0.250 e. The molecule has 0 atom stereocenters. The standard InChI is InChI=1S/C16H22N2O2S/c17-16(21)13-9-5-6-10-14(13)18-15(19)11-20-12-7-3-1-2-4-8-12/h5-6,9-10,12H,1-4,7-8,11H2,(H2,17,21)(H,18,19). The lowest BCUT2D eigenvalue weighted by Crippen LogP contribution is -2.24. The molecule has 2 rings (SSSR count). The molecule has 0 saturated heterocycles. The van der Waals surface area contributed by atoms with Crippen LogP contribution in [0.25, 0.3) is 0 Å². The Morgan fingerprint density at radius 1 is 1.24 bits per heavy atom. The van der Waals surface area contributed by atoms with Crippen molar-refractivity contribution in [1.82, 2.24) is 0 Å². The zero-order chi connectivity index (χ0) is 15.1. The van der Waals surface area contributed by atoms with E-state index in [2.05, 4.69) is 5.32 Å². The molecule has 4 nitrogen and oxygen atoms in total. The lowest BCUT2D eigenvalue weighted by atomic mass is 10.1. The van der Waals surface area contributed by atoms with Gasteiger partial charge >= 0.3 is 0 Å². The lowest BCUT2D eigenvalue weighted by molar-refractivity contribution is -0.122. The number of para-hydroxylation sites is 1. The first-order valence-electron chi connectivity index (χ1n) is 7.47. The highest BCUT2D eigenvalue weighted by molar-refractivity contribution is 7.80. The van der Waals surface area contributed by atoms with Gasteiger partial charge in [0.25, 0.3) is 0 Å². The van der Waals surface area contributed by atoms with Crippen LogP contribution in [0.4, 0.5) is 5.69 Å². The molecule has 1 amide bonds. The largest absolute Gasteiger partial charge is 0.389 e. The Labute approximate surface area is 131 Å². The second kappa shape index (κ2) is 8.10. The summed E-state index contributed by atoms with van der Waals surface area (Å²) >= 11 is 4.98. The van der Waals surface area contributed by atoms with Crippen LogP contribution in [-0.4, -0.2) is 23.6 Å². The second-order valence-corrected chi connectivity index (χ2v) is 5.82. The minimum absolute atomic E-state index is 0.0797. The Morgan fingerprint density at radius 2 is 1.90 bits per heavy atom. The van der Waals surface area contributed by atoms with Crippen molar-refractivity contribution in [2.75, 3.05) is 11.9 Å². The monoisotopic (exact) mass is 306 g/mol. The maximum atomic E-state index is 12.0. The van der Waals surface area contributed by atoms with E-state index in [4.69, 9.17) is 22.7 Å². The van der Waals surface area contributed by atoms with Crippen molar-refractivity contribution in [2.24, 2.45) is 5.73 Å². The van der Waals surface area contributed by atoms with E-state index in [1.54, 1.807) is 12.1 Å². The number of hydrogen-bond donors (Lipinski definition) is 2. The average Bonchev–Trinajstić information content (AvgIpc) is 2.74. The first kappa shape index (κ1) is 15.9. The highest BCUT2D eigenvalue weighted by Gasteiger charge is 2.15. The van der Waals surface area contributed by atoms with Crippen LogP contribution in [-0.2, 0) is 9.53 Å². The molecule has 21 heavy (non-hydrogen) atoms. The molecular weight excluding hydrogens is 284 g/mol. The Bertz CT molecular complexity index is 497. The molecule has 0 aromatic heterocycles. The molecule has 0 heterocycles. The summed E-state index contributed by atoms with van der Waals surface area (Å²) < 4.78 is 5.72. The molecule has 1 saturated carbocycles. The van der Waals surface area contributed by atoms with Gasteiger partial charge in [0.1, 0.15) is 11.6 Å². The average molecular weight is 306 g/mol. The molecule has 0 aliphatic heterocycles. The summed E-state index contributed by atoms with van der Waals surface area (Å²) in [5.41, 5.74) is 6.96. The van der Waals surface area contributed by atoms with Crippen molar-refractivity contribution in [3.05, 3.63) is 29.8 Å². The van der Waals surface area contributed by atoms with Gasteiger partial charge in [-0.2, -0.15) is 0 Å². The summed E-state index contributed by atoms with van der Waals surface area (Å²) in [6.07, 6.45) is 7.24. The van der Waals surface area contributed by atoms with Crippen LogP contribution in [0, 0.1) is 0 Å². The van der Waals surface area contributed by atoms with E-state index in [9.17, 15) is 4.79 Å². The van der Waals surface area contributed by atoms with E-state index in [0.717, 1.165) is 12.8 Å². The number of carbonyl (C=O) groups excluding carboxylic acids is 1. The van der Waals surface area contributed by atoms with Crippen LogP contribution >= 0.6 is 12.2 Å². The molecule has 1 fully saturated rings. The van der Waals surface area contributed by atoms with E-state index in [0.29, 0.717) is 11.3 Å². The zero-order valence-corrected chi connectivity index (χ0v) is 13.0. The number of nitrogens with one attached hydrogen (secondary N) is 1. The minimum atomic E-state index is -0.164. The van der Waals surface area contributed by atoms with Crippen LogP contribution in [0.2, 0.25) is 0 Å². The third kappa shape index (κ3) is 5.10. The topological polar surface area (TPSA) is 64.3 Å². The van der Waals surface area contributed by atoms with Gasteiger partial charge in [-0.25, -0.2) is 0 Å². The fourth-order valence-electron chi connectivity index (χ4n) is 2.60. The second-order valence-electron chi connectivity index (χ2n) is 5.38. The van der Waals surface area contributed by atoms with Gasteiger partial charge in [0, 0.05) is 5.56 Å². The molecule has 1 aromatic carbocycles. The molecule has 0 unspecified atom stereocenters. The molecule has 5 heteroatoms.